The number of halogens is 1. The molecule has 19 heavy (non-hydrogen) atoms. The van der Waals surface area contributed by atoms with Crippen LogP contribution in [0.2, 0.25) is 5.02 Å². The fraction of sp³-hybridized carbons (Fsp3) is 0.231. The molecule has 0 aliphatic heterocycles. The van der Waals surface area contributed by atoms with Gasteiger partial charge in [0, 0.05) is 48.7 Å². The third-order valence-corrected chi connectivity index (χ3v) is 3.27. The van der Waals surface area contributed by atoms with Crippen molar-refractivity contribution in [3.05, 3.63) is 46.7 Å². The molecule has 100 valence electrons. The molecule has 4 nitrogen and oxygen atoms in total. The highest BCUT2D eigenvalue weighted by Crippen LogP contribution is 2.24. The largest absolute Gasteiger partial charge is 0.389 e. The summed E-state index contributed by atoms with van der Waals surface area (Å²) in [5, 5.41) is 4.78. The van der Waals surface area contributed by atoms with Gasteiger partial charge in [-0.2, -0.15) is 5.10 Å². The number of nitrogens with two attached hydrogens (primary N) is 1. The lowest BCUT2D eigenvalue weighted by molar-refractivity contribution is 0.766. The number of benzene rings is 1. The molecule has 2 N–H and O–H groups in total. The SMILES string of the molecule is CN(Cc1cnn(C)c1)c1ccc(Cl)cc1C(N)=S. The average Bonchev–Trinajstić information content (AvgIpc) is 2.74. The van der Waals surface area contributed by atoms with Crippen LogP contribution in [-0.4, -0.2) is 21.8 Å². The van der Waals surface area contributed by atoms with E-state index >= 15 is 0 Å². The van der Waals surface area contributed by atoms with Crippen molar-refractivity contribution in [1.29, 1.82) is 0 Å². The summed E-state index contributed by atoms with van der Waals surface area (Å²) in [4.78, 5) is 2.41. The Morgan fingerprint density at radius 3 is 2.84 bits per heavy atom. The molecule has 0 atom stereocenters. The summed E-state index contributed by atoms with van der Waals surface area (Å²) in [5.74, 6) is 0. The van der Waals surface area contributed by atoms with E-state index in [2.05, 4.69) is 10.00 Å². The Labute approximate surface area is 122 Å². The summed E-state index contributed by atoms with van der Waals surface area (Å²) in [6.45, 7) is 0.727. The minimum atomic E-state index is 0.343. The Balaban J connectivity index is 2.28. The molecule has 0 aliphatic rings. The summed E-state index contributed by atoms with van der Waals surface area (Å²) < 4.78 is 1.78. The maximum absolute atomic E-state index is 5.98. The number of hydrogen-bond acceptors (Lipinski definition) is 3. The van der Waals surface area contributed by atoms with Crippen LogP contribution in [0, 0.1) is 0 Å². The molecule has 0 spiro atoms. The van der Waals surface area contributed by atoms with Gasteiger partial charge in [-0.1, -0.05) is 23.8 Å². The number of aryl methyl sites for hydroxylation is 1. The minimum Gasteiger partial charge on any atom is -0.389 e. The zero-order valence-electron chi connectivity index (χ0n) is 10.8. The first-order valence-electron chi connectivity index (χ1n) is 5.75. The van der Waals surface area contributed by atoms with Crippen molar-refractivity contribution in [3.8, 4) is 0 Å². The Bertz CT molecular complexity index is 608. The molecule has 0 amide bonds. The van der Waals surface area contributed by atoms with E-state index in [0.717, 1.165) is 23.4 Å². The van der Waals surface area contributed by atoms with Gasteiger partial charge in [0.05, 0.1) is 6.20 Å². The Morgan fingerprint density at radius 1 is 1.53 bits per heavy atom. The summed E-state index contributed by atoms with van der Waals surface area (Å²) in [6.07, 6.45) is 3.82. The maximum atomic E-state index is 5.98. The van der Waals surface area contributed by atoms with E-state index in [1.54, 1.807) is 10.7 Å². The molecule has 6 heteroatoms. The normalized spacial score (nSPS) is 10.5. The van der Waals surface area contributed by atoms with E-state index in [9.17, 15) is 0 Å². The molecule has 0 bridgehead atoms. The average molecular weight is 295 g/mol. The monoisotopic (exact) mass is 294 g/mol. The molecular formula is C13H15ClN4S. The standard InChI is InChI=1S/C13H15ClN4S/c1-17(7-9-6-16-18(2)8-9)12-4-3-10(14)5-11(12)13(15)19/h3-6,8H,7H2,1-2H3,(H2,15,19). The quantitative estimate of drug-likeness (QED) is 0.879. The Kier molecular flexibility index (Phi) is 4.07. The van der Waals surface area contributed by atoms with Crippen LogP contribution in [0.3, 0.4) is 0 Å². The summed E-state index contributed by atoms with van der Waals surface area (Å²) in [7, 11) is 3.88. The third-order valence-electron chi connectivity index (χ3n) is 2.81. The smallest absolute Gasteiger partial charge is 0.106 e. The van der Waals surface area contributed by atoms with E-state index in [1.807, 2.05) is 38.6 Å². The topological polar surface area (TPSA) is 47.1 Å². The second-order valence-corrected chi connectivity index (χ2v) is 5.28. The van der Waals surface area contributed by atoms with Crippen molar-refractivity contribution in [2.24, 2.45) is 12.8 Å². The molecule has 2 aromatic rings. The van der Waals surface area contributed by atoms with Gasteiger partial charge in [0.25, 0.3) is 0 Å². The van der Waals surface area contributed by atoms with Crippen molar-refractivity contribution >= 4 is 34.5 Å². The number of anilines is 1. The fourth-order valence-corrected chi connectivity index (χ4v) is 2.29. The molecule has 0 unspecified atom stereocenters. The maximum Gasteiger partial charge on any atom is 0.106 e. The Morgan fingerprint density at radius 2 is 2.26 bits per heavy atom. The van der Waals surface area contributed by atoms with Crippen molar-refractivity contribution in [2.45, 2.75) is 6.54 Å². The number of aromatic nitrogens is 2. The van der Waals surface area contributed by atoms with Crippen LogP contribution in [0.4, 0.5) is 5.69 Å². The van der Waals surface area contributed by atoms with Gasteiger partial charge < -0.3 is 10.6 Å². The lowest BCUT2D eigenvalue weighted by Crippen LogP contribution is -2.21. The summed E-state index contributed by atoms with van der Waals surface area (Å²) in [5.41, 5.74) is 8.61. The van der Waals surface area contributed by atoms with E-state index in [1.165, 1.54) is 0 Å². The first-order valence-corrected chi connectivity index (χ1v) is 6.54. The second kappa shape index (κ2) is 5.59. The molecule has 1 heterocycles. The van der Waals surface area contributed by atoms with E-state index in [4.69, 9.17) is 29.6 Å². The molecule has 0 aliphatic carbocycles. The van der Waals surface area contributed by atoms with E-state index in [0.29, 0.717) is 10.0 Å². The van der Waals surface area contributed by atoms with Crippen LogP contribution in [0.15, 0.2) is 30.6 Å². The van der Waals surface area contributed by atoms with E-state index in [-0.39, 0.29) is 0 Å². The number of rotatable bonds is 4. The molecule has 0 radical (unpaired) electrons. The predicted octanol–water partition coefficient (Wildman–Crippen LogP) is 2.34. The van der Waals surface area contributed by atoms with Crippen molar-refractivity contribution in [3.63, 3.8) is 0 Å². The number of hydrogen-bond donors (Lipinski definition) is 1. The lowest BCUT2D eigenvalue weighted by Gasteiger charge is -2.21. The predicted molar refractivity (Wildman–Crippen MR) is 82.7 cm³/mol. The van der Waals surface area contributed by atoms with Gasteiger partial charge in [-0.3, -0.25) is 4.68 Å². The van der Waals surface area contributed by atoms with Crippen molar-refractivity contribution < 1.29 is 0 Å². The highest BCUT2D eigenvalue weighted by atomic mass is 35.5. The summed E-state index contributed by atoms with van der Waals surface area (Å²) >= 11 is 11.1. The molecular weight excluding hydrogens is 280 g/mol. The minimum absolute atomic E-state index is 0.343. The van der Waals surface area contributed by atoms with Crippen LogP contribution < -0.4 is 10.6 Å². The highest BCUT2D eigenvalue weighted by Gasteiger charge is 2.11. The van der Waals surface area contributed by atoms with Gasteiger partial charge in [0.2, 0.25) is 0 Å². The van der Waals surface area contributed by atoms with Crippen LogP contribution in [0.5, 0.6) is 0 Å². The second-order valence-electron chi connectivity index (χ2n) is 4.40. The zero-order valence-corrected chi connectivity index (χ0v) is 12.4. The van der Waals surface area contributed by atoms with E-state index < -0.39 is 0 Å². The molecule has 0 fully saturated rings. The Hall–Kier alpha value is -1.59. The molecule has 0 saturated carbocycles. The molecule has 0 saturated heterocycles. The van der Waals surface area contributed by atoms with Crippen molar-refractivity contribution in [1.82, 2.24) is 9.78 Å². The number of nitrogens with zero attached hydrogens (tertiary/aromatic N) is 3. The molecule has 1 aromatic heterocycles. The van der Waals surface area contributed by atoms with Gasteiger partial charge in [0.15, 0.2) is 0 Å². The van der Waals surface area contributed by atoms with Gasteiger partial charge in [-0.25, -0.2) is 0 Å². The zero-order chi connectivity index (χ0) is 14.0. The summed E-state index contributed by atoms with van der Waals surface area (Å²) in [6, 6.07) is 5.55. The van der Waals surface area contributed by atoms with Crippen molar-refractivity contribution in [2.75, 3.05) is 11.9 Å². The number of thiocarbonyl (C=S) groups is 1. The van der Waals surface area contributed by atoms with Crippen LogP contribution >= 0.6 is 23.8 Å². The fourth-order valence-electron chi connectivity index (χ4n) is 1.95. The lowest BCUT2D eigenvalue weighted by atomic mass is 10.1. The van der Waals surface area contributed by atoms with Crippen LogP contribution in [-0.2, 0) is 13.6 Å². The van der Waals surface area contributed by atoms with Gasteiger partial charge in [-0.05, 0) is 18.2 Å². The van der Waals surface area contributed by atoms with Crippen LogP contribution in [0.1, 0.15) is 11.1 Å². The van der Waals surface area contributed by atoms with Crippen LogP contribution in [0.25, 0.3) is 0 Å². The first-order chi connectivity index (χ1) is 8.97. The molecule has 1 aromatic carbocycles. The van der Waals surface area contributed by atoms with Gasteiger partial charge >= 0.3 is 0 Å². The van der Waals surface area contributed by atoms with Gasteiger partial charge in [0.1, 0.15) is 4.99 Å². The van der Waals surface area contributed by atoms with Gasteiger partial charge in [-0.15, -0.1) is 0 Å². The highest BCUT2D eigenvalue weighted by molar-refractivity contribution is 7.80. The third kappa shape index (κ3) is 3.24. The molecule has 2 rings (SSSR count). The first kappa shape index (κ1) is 13.8.